The van der Waals surface area contributed by atoms with Gasteiger partial charge in [-0.05, 0) is 243 Å². The van der Waals surface area contributed by atoms with E-state index in [1.54, 1.807) is 21.1 Å². The zero-order valence-electron chi connectivity index (χ0n) is 44.6. The first-order chi connectivity index (χ1) is 29.7. The number of benzene rings is 1. The van der Waals surface area contributed by atoms with Crippen LogP contribution in [0.25, 0.3) is 33.2 Å². The summed E-state index contributed by atoms with van der Waals surface area (Å²) in [4.78, 5) is 36.1. The molecule has 6 rings (SSSR count). The summed E-state index contributed by atoms with van der Waals surface area (Å²) in [5.74, 6) is 0. The zero-order chi connectivity index (χ0) is 49.0. The van der Waals surface area contributed by atoms with Crippen molar-refractivity contribution in [1.82, 2.24) is 24.9 Å². The summed E-state index contributed by atoms with van der Waals surface area (Å²) in [6, 6.07) is 0. The maximum Gasteiger partial charge on any atom is 0.0973 e. The number of nitrogens with zero attached hydrogens (tertiary/aromatic N) is 8. The third kappa shape index (κ3) is 10.5. The van der Waals surface area contributed by atoms with Crippen LogP contribution >= 0.6 is 0 Å². The van der Waals surface area contributed by atoms with Gasteiger partial charge in [0, 0.05) is 60.4 Å². The van der Waals surface area contributed by atoms with Crippen molar-refractivity contribution in [3.8, 4) is 11.4 Å². The zero-order valence-corrected chi connectivity index (χ0v) is 44.6. The van der Waals surface area contributed by atoms with Crippen LogP contribution in [0.4, 0.5) is 0 Å². The van der Waals surface area contributed by atoms with Crippen molar-refractivity contribution in [3.05, 3.63) is 118 Å². The summed E-state index contributed by atoms with van der Waals surface area (Å²) in [7, 11) is 5.34. The predicted octanol–water partition coefficient (Wildman–Crippen LogP) is 13.8. The van der Waals surface area contributed by atoms with Gasteiger partial charge in [0.25, 0.3) is 0 Å². The second-order valence-corrected chi connectivity index (χ2v) is 17.8. The Kier molecular flexibility index (Phi) is 17.7. The maximum atomic E-state index is 4.92. The van der Waals surface area contributed by atoms with Crippen molar-refractivity contribution in [2.75, 3.05) is 21.1 Å². The van der Waals surface area contributed by atoms with Gasteiger partial charge in [-0.1, -0.05) is 0 Å². The minimum atomic E-state index is 1.01. The topological polar surface area (TPSA) is 102 Å². The van der Waals surface area contributed by atoms with Crippen LogP contribution in [0.15, 0.2) is 15.0 Å². The van der Waals surface area contributed by atoms with Crippen molar-refractivity contribution in [3.63, 3.8) is 0 Å². The van der Waals surface area contributed by atoms with E-state index in [0.717, 1.165) is 73.7 Å². The fraction of sp³-hybridized carbons (Fsp3) is 0.464. The monoisotopic (exact) mass is 863 g/mol. The number of hydrogen-bond acceptors (Lipinski definition) is 8. The lowest BCUT2D eigenvalue weighted by Crippen LogP contribution is -2.07. The fourth-order valence-corrected chi connectivity index (χ4v) is 7.96. The van der Waals surface area contributed by atoms with E-state index in [9.17, 15) is 0 Å². The second kappa shape index (κ2) is 21.5. The molecule has 0 radical (unpaired) electrons. The molecule has 342 valence electrons. The Bertz CT molecular complexity index is 2710. The lowest BCUT2D eigenvalue weighted by Gasteiger charge is -2.18. The molecule has 6 aromatic rings. The first-order valence-corrected chi connectivity index (χ1v) is 22.5. The molecule has 0 fully saturated rings. The van der Waals surface area contributed by atoms with Gasteiger partial charge in [0.05, 0.1) is 45.3 Å². The van der Waals surface area contributed by atoms with Crippen molar-refractivity contribution in [1.29, 1.82) is 0 Å². The van der Waals surface area contributed by atoms with Crippen LogP contribution in [-0.4, -0.2) is 63.2 Å². The molecule has 0 unspecified atom stereocenters. The first kappa shape index (κ1) is 52.8. The van der Waals surface area contributed by atoms with Crippen molar-refractivity contribution in [2.24, 2.45) is 15.0 Å². The summed E-state index contributed by atoms with van der Waals surface area (Å²) < 4.78 is 0. The SMILES string of the molecule is CN=C(C)C(C)=NC.CN=C(C)c1nc(C)c(C)c(C)c1C.Cc1nc(-c2nc(C)c(C)c(C)c2C)c(C)c(C)c1C.Cc1nc2c(c(C)c1C)c(C)c(C)c1c(C)c(C)c(C)nc12. The van der Waals surface area contributed by atoms with Crippen LogP contribution in [0.3, 0.4) is 0 Å². The number of aryl methyl sites for hydroxylation is 9. The van der Waals surface area contributed by atoms with Gasteiger partial charge in [-0.2, -0.15) is 0 Å². The molecule has 0 saturated heterocycles. The summed E-state index contributed by atoms with van der Waals surface area (Å²) in [6.45, 7) is 48.8. The Labute approximate surface area is 386 Å². The Hall–Kier alpha value is -5.50. The first-order valence-electron chi connectivity index (χ1n) is 22.5. The van der Waals surface area contributed by atoms with E-state index in [1.807, 2.05) is 27.7 Å². The number of hydrogen-bond donors (Lipinski definition) is 0. The molecule has 0 aliphatic heterocycles. The van der Waals surface area contributed by atoms with E-state index in [2.05, 4.69) is 152 Å². The van der Waals surface area contributed by atoms with Gasteiger partial charge in [0.1, 0.15) is 0 Å². The fourth-order valence-electron chi connectivity index (χ4n) is 7.96. The highest BCUT2D eigenvalue weighted by Gasteiger charge is 2.19. The van der Waals surface area contributed by atoms with Crippen molar-refractivity contribution < 1.29 is 0 Å². The van der Waals surface area contributed by atoms with E-state index in [4.69, 9.17) is 19.9 Å². The third-order valence-corrected chi connectivity index (χ3v) is 14.5. The predicted molar refractivity (Wildman–Crippen MR) is 280 cm³/mol. The van der Waals surface area contributed by atoms with Crippen LogP contribution in [0.5, 0.6) is 0 Å². The van der Waals surface area contributed by atoms with Gasteiger partial charge < -0.3 is 0 Å². The molecule has 0 amide bonds. The normalized spacial score (nSPS) is 11.9. The van der Waals surface area contributed by atoms with Crippen LogP contribution in [0.2, 0.25) is 0 Å². The van der Waals surface area contributed by atoms with Gasteiger partial charge in [-0.3, -0.25) is 39.9 Å². The van der Waals surface area contributed by atoms with Gasteiger partial charge >= 0.3 is 0 Å². The molecule has 5 heterocycles. The van der Waals surface area contributed by atoms with E-state index in [-0.39, 0.29) is 0 Å². The van der Waals surface area contributed by atoms with Crippen molar-refractivity contribution >= 4 is 38.9 Å². The largest absolute Gasteiger partial charge is 0.292 e. The van der Waals surface area contributed by atoms with Gasteiger partial charge in [-0.15, -0.1) is 0 Å². The Morgan fingerprint density at radius 2 is 0.547 bits per heavy atom. The molecular weight excluding hydrogens is 785 g/mol. The highest BCUT2D eigenvalue weighted by molar-refractivity contribution is 6.40. The van der Waals surface area contributed by atoms with Gasteiger partial charge in [0.2, 0.25) is 0 Å². The smallest absolute Gasteiger partial charge is 0.0973 e. The molecule has 0 bridgehead atoms. The van der Waals surface area contributed by atoms with Crippen LogP contribution < -0.4 is 0 Å². The van der Waals surface area contributed by atoms with Gasteiger partial charge in [-0.25, -0.2) is 0 Å². The van der Waals surface area contributed by atoms with Crippen LogP contribution in [0, 0.1) is 138 Å². The molecule has 5 aromatic heterocycles. The molecule has 0 aliphatic carbocycles. The standard InChI is InChI=1S/C20H24N2.C18H24N2.C12H18N2.C6H12N2/c1-9-11(3)17-13(5)14(6)18-12(4)10(2)16(8)22-20(18)19(17)21-15(9)7;1-9-11(3)15(7)19-17(13(9)5)18-14(6)10(2)12(4)16(8)20-18;1-7-8(2)10(4)14-12(9(7)3)11(5)13-6;1-5(7-3)6(2)8-4/h1-8H3;1-8H3;1-6H3;1-4H3. The molecule has 1 aromatic carbocycles. The van der Waals surface area contributed by atoms with E-state index < -0.39 is 0 Å². The molecule has 0 saturated carbocycles. The van der Waals surface area contributed by atoms with Gasteiger partial charge in [0.15, 0.2) is 0 Å². The molecule has 8 nitrogen and oxygen atoms in total. The molecule has 64 heavy (non-hydrogen) atoms. The lowest BCUT2D eigenvalue weighted by molar-refractivity contribution is 1.04. The number of aliphatic imine (C=N–C) groups is 3. The quantitative estimate of drug-likeness (QED) is 0.130. The van der Waals surface area contributed by atoms with Crippen LogP contribution in [0.1, 0.15) is 138 Å². The van der Waals surface area contributed by atoms with Crippen LogP contribution in [-0.2, 0) is 0 Å². The summed E-state index contributed by atoms with van der Waals surface area (Å²) in [5.41, 5.74) is 33.2. The molecular formula is C56H78N8. The highest BCUT2D eigenvalue weighted by atomic mass is 14.8. The van der Waals surface area contributed by atoms with E-state index >= 15 is 0 Å². The average molecular weight is 863 g/mol. The Balaban J connectivity index is 0.000000240. The minimum absolute atomic E-state index is 1.01. The average Bonchev–Trinajstić information content (AvgIpc) is 3.27. The third-order valence-electron chi connectivity index (χ3n) is 14.5. The molecule has 8 heteroatoms. The molecule has 0 aliphatic rings. The number of pyridine rings is 5. The highest BCUT2D eigenvalue weighted by Crippen LogP contribution is 2.37. The van der Waals surface area contributed by atoms with Crippen molar-refractivity contribution in [2.45, 2.75) is 159 Å². The molecule has 0 spiro atoms. The number of aromatic nitrogens is 5. The Morgan fingerprint density at radius 1 is 0.281 bits per heavy atom. The Morgan fingerprint density at radius 3 is 0.859 bits per heavy atom. The molecule has 0 N–H and O–H groups in total. The van der Waals surface area contributed by atoms with E-state index in [0.29, 0.717) is 0 Å². The summed E-state index contributed by atoms with van der Waals surface area (Å²) >= 11 is 0. The summed E-state index contributed by atoms with van der Waals surface area (Å²) in [5, 5.41) is 2.56. The number of rotatable bonds is 3. The van der Waals surface area contributed by atoms with E-state index in [1.165, 1.54) is 94.2 Å². The second-order valence-electron chi connectivity index (χ2n) is 17.8. The minimum Gasteiger partial charge on any atom is -0.292 e. The lowest BCUT2D eigenvalue weighted by atomic mass is 9.90. The number of fused-ring (bicyclic) bond motifs is 3. The molecule has 0 atom stereocenters. The summed E-state index contributed by atoms with van der Waals surface area (Å²) in [6.07, 6.45) is 0. The maximum absolute atomic E-state index is 4.92.